The first-order valence-electron chi connectivity index (χ1n) is 2.37. The van der Waals surface area contributed by atoms with E-state index in [-0.39, 0.29) is 19.5 Å². The molecule has 0 spiro atoms. The van der Waals surface area contributed by atoms with Gasteiger partial charge in [-0.3, -0.25) is 0 Å². The van der Waals surface area contributed by atoms with Crippen LogP contribution < -0.4 is 0 Å². The van der Waals surface area contributed by atoms with E-state index in [0.29, 0.717) is 5.41 Å². The SMILES string of the molecule is C[CH-]C(C)(C)C.[Zn]. The molecule has 0 aromatic carbocycles. The van der Waals surface area contributed by atoms with E-state index in [1.54, 1.807) is 0 Å². The fourth-order valence-electron chi connectivity index (χ4n) is 0. The summed E-state index contributed by atoms with van der Waals surface area (Å²) in [5.41, 5.74) is 0.417. The molecule has 0 bridgehead atoms. The van der Waals surface area contributed by atoms with Crippen molar-refractivity contribution in [2.24, 2.45) is 5.41 Å². The van der Waals surface area contributed by atoms with Crippen LogP contribution in [-0.4, -0.2) is 0 Å². The van der Waals surface area contributed by atoms with Crippen molar-refractivity contribution in [2.45, 2.75) is 27.7 Å². The van der Waals surface area contributed by atoms with Gasteiger partial charge in [-0.2, -0.15) is 12.3 Å². The molecule has 0 aromatic rings. The molecule has 1 heteroatoms. The molecule has 0 heterocycles. The van der Waals surface area contributed by atoms with E-state index in [1.165, 1.54) is 0 Å². The number of hydrogen-bond donors (Lipinski definition) is 0. The van der Waals surface area contributed by atoms with E-state index in [1.807, 2.05) is 0 Å². The Balaban J connectivity index is 0. The molecule has 0 aliphatic carbocycles. The van der Waals surface area contributed by atoms with Crippen LogP contribution in [0, 0.1) is 11.8 Å². The first-order valence-corrected chi connectivity index (χ1v) is 2.37. The minimum atomic E-state index is 0. The van der Waals surface area contributed by atoms with Crippen LogP contribution in [0.2, 0.25) is 0 Å². The van der Waals surface area contributed by atoms with Gasteiger partial charge in [0.2, 0.25) is 0 Å². The van der Waals surface area contributed by atoms with Gasteiger partial charge in [0.1, 0.15) is 0 Å². The van der Waals surface area contributed by atoms with Gasteiger partial charge in [-0.25, -0.2) is 0 Å². The summed E-state index contributed by atoms with van der Waals surface area (Å²) in [6.07, 6.45) is 2.19. The summed E-state index contributed by atoms with van der Waals surface area (Å²) in [6, 6.07) is 0. The monoisotopic (exact) mass is 149 g/mol. The fraction of sp³-hybridized carbons (Fsp3) is 0.833. The molecule has 0 rings (SSSR count). The van der Waals surface area contributed by atoms with Gasteiger partial charge in [-0.15, -0.1) is 0 Å². The normalized spacial score (nSPS) is 10.3. The molecule has 0 amide bonds. The first-order chi connectivity index (χ1) is 2.56. The fourth-order valence-corrected chi connectivity index (χ4v) is 0. The van der Waals surface area contributed by atoms with E-state index in [9.17, 15) is 0 Å². The average Bonchev–Trinajstić information content (AvgIpc) is 1.35. The zero-order valence-corrected chi connectivity index (χ0v) is 8.75. The van der Waals surface area contributed by atoms with Crippen molar-refractivity contribution in [1.82, 2.24) is 0 Å². The maximum absolute atomic E-state index is 2.19. The zero-order valence-electron chi connectivity index (χ0n) is 5.78. The van der Waals surface area contributed by atoms with Gasteiger partial charge >= 0.3 is 0 Å². The predicted molar refractivity (Wildman–Crippen MR) is 29.4 cm³/mol. The third kappa shape index (κ3) is 10.8. The molecule has 0 N–H and O–H groups in total. The zero-order chi connectivity index (χ0) is 5.21. The molecule has 0 aliphatic heterocycles. The second-order valence-corrected chi connectivity index (χ2v) is 2.65. The van der Waals surface area contributed by atoms with Gasteiger partial charge in [0, 0.05) is 19.5 Å². The second kappa shape index (κ2) is 3.60. The summed E-state index contributed by atoms with van der Waals surface area (Å²) in [7, 11) is 0. The van der Waals surface area contributed by atoms with Crippen LogP contribution in [0.5, 0.6) is 0 Å². The summed E-state index contributed by atoms with van der Waals surface area (Å²) in [5.74, 6) is 0. The minimum Gasteiger partial charge on any atom is -0.326 e. The van der Waals surface area contributed by atoms with E-state index in [0.717, 1.165) is 0 Å². The van der Waals surface area contributed by atoms with Crippen LogP contribution in [0.25, 0.3) is 0 Å². The molecule has 0 saturated heterocycles. The largest absolute Gasteiger partial charge is 0.326 e. The van der Waals surface area contributed by atoms with Crippen molar-refractivity contribution in [2.75, 3.05) is 0 Å². The minimum absolute atomic E-state index is 0. The molecule has 0 saturated carbocycles. The van der Waals surface area contributed by atoms with Gasteiger partial charge in [0.15, 0.2) is 0 Å². The summed E-state index contributed by atoms with van der Waals surface area (Å²) >= 11 is 0. The van der Waals surface area contributed by atoms with Crippen molar-refractivity contribution in [3.8, 4) is 0 Å². The Morgan fingerprint density at radius 3 is 1.29 bits per heavy atom. The topological polar surface area (TPSA) is 0 Å². The number of hydrogen-bond acceptors (Lipinski definition) is 0. The van der Waals surface area contributed by atoms with Crippen LogP contribution >= 0.6 is 0 Å². The Labute approximate surface area is 59.4 Å². The van der Waals surface area contributed by atoms with Crippen LogP contribution in [-0.2, 0) is 19.5 Å². The molecule has 0 nitrogen and oxygen atoms in total. The smallest absolute Gasteiger partial charge is 0 e. The average molecular weight is 151 g/mol. The Kier molecular flexibility index (Phi) is 5.44. The maximum atomic E-state index is 2.19. The van der Waals surface area contributed by atoms with E-state index >= 15 is 0 Å². The molecule has 0 atom stereocenters. The summed E-state index contributed by atoms with van der Waals surface area (Å²) in [5, 5.41) is 0. The van der Waals surface area contributed by atoms with Gasteiger partial charge in [0.25, 0.3) is 0 Å². The molecule has 40 valence electrons. The standard InChI is InChI=1S/C6H13.Zn/c1-5-6(2,3)4;/h5H,1-4H3;/q-1;. The molecule has 0 fully saturated rings. The maximum Gasteiger partial charge on any atom is 0 e. The number of rotatable bonds is 0. The van der Waals surface area contributed by atoms with Crippen molar-refractivity contribution in [3.05, 3.63) is 6.42 Å². The first kappa shape index (κ1) is 10.6. The molecule has 0 aliphatic rings. The second-order valence-electron chi connectivity index (χ2n) is 2.65. The molecular formula is C6H13Zn-. The van der Waals surface area contributed by atoms with Crippen molar-refractivity contribution in [3.63, 3.8) is 0 Å². The van der Waals surface area contributed by atoms with Gasteiger partial charge < -0.3 is 6.42 Å². The van der Waals surface area contributed by atoms with Gasteiger partial charge in [0.05, 0.1) is 0 Å². The molecule has 7 heavy (non-hydrogen) atoms. The van der Waals surface area contributed by atoms with E-state index in [2.05, 4.69) is 34.1 Å². The van der Waals surface area contributed by atoms with Crippen molar-refractivity contribution < 1.29 is 19.5 Å². The molecular weight excluding hydrogens is 137 g/mol. The van der Waals surface area contributed by atoms with Crippen LogP contribution in [0.4, 0.5) is 0 Å². The Hall–Kier alpha value is 0.623. The predicted octanol–water partition coefficient (Wildman–Crippen LogP) is 2.25. The Bertz CT molecular complexity index is 33.9. The summed E-state index contributed by atoms with van der Waals surface area (Å²) < 4.78 is 0. The van der Waals surface area contributed by atoms with Crippen LogP contribution in [0.3, 0.4) is 0 Å². The third-order valence-corrected chi connectivity index (χ3v) is 0.866. The van der Waals surface area contributed by atoms with Crippen LogP contribution in [0.15, 0.2) is 0 Å². The van der Waals surface area contributed by atoms with Crippen molar-refractivity contribution in [1.29, 1.82) is 0 Å². The van der Waals surface area contributed by atoms with E-state index < -0.39 is 0 Å². The van der Waals surface area contributed by atoms with Gasteiger partial charge in [-0.1, -0.05) is 20.8 Å². The van der Waals surface area contributed by atoms with Gasteiger partial charge in [-0.05, 0) is 0 Å². The summed E-state index contributed by atoms with van der Waals surface area (Å²) in [6.45, 7) is 8.65. The Morgan fingerprint density at radius 2 is 1.29 bits per heavy atom. The third-order valence-electron chi connectivity index (χ3n) is 0.866. The Morgan fingerprint density at radius 1 is 1.14 bits per heavy atom. The molecule has 0 aromatic heterocycles. The van der Waals surface area contributed by atoms with Crippen LogP contribution in [0.1, 0.15) is 27.7 Å². The van der Waals surface area contributed by atoms with E-state index in [4.69, 9.17) is 0 Å². The van der Waals surface area contributed by atoms with Crippen molar-refractivity contribution >= 4 is 0 Å². The molecule has 0 unspecified atom stereocenters. The molecule has 0 radical (unpaired) electrons. The summed E-state index contributed by atoms with van der Waals surface area (Å²) in [4.78, 5) is 0. The quantitative estimate of drug-likeness (QED) is 0.367.